The summed E-state index contributed by atoms with van der Waals surface area (Å²) in [7, 11) is 0. The van der Waals surface area contributed by atoms with Crippen molar-refractivity contribution in [3.8, 4) is 23.0 Å². The summed E-state index contributed by atoms with van der Waals surface area (Å²) in [6.45, 7) is -0.633. The maximum Gasteiger partial charge on any atom is 0.229 e. The number of rotatable bonds is 6. The standard InChI is InChI=1S/C21H22O10/c22-9-17-18(27)19(28)20(29)21(31-17)30-16-7-10(2-6-14(16)25)1-5-13(24)12-4-3-11(23)8-15(12)26/h1-8,17-23,25-29H,9H2. The normalized spacial score (nSPS) is 26.1. The van der Waals surface area contributed by atoms with Gasteiger partial charge in [-0.1, -0.05) is 12.1 Å². The fraction of sp³-hybridized carbons (Fsp3) is 0.286. The molecule has 0 bridgehead atoms. The number of aliphatic hydroxyl groups excluding tert-OH is 4. The Balaban J connectivity index is 1.77. The van der Waals surface area contributed by atoms with Crippen LogP contribution in [0.2, 0.25) is 0 Å². The van der Waals surface area contributed by atoms with Crippen LogP contribution in [0.25, 0.3) is 6.08 Å². The molecular weight excluding hydrogens is 412 g/mol. The van der Waals surface area contributed by atoms with Crippen LogP contribution < -0.4 is 4.74 Å². The Morgan fingerprint density at radius 3 is 2.39 bits per heavy atom. The molecule has 10 heteroatoms. The van der Waals surface area contributed by atoms with E-state index in [1.54, 1.807) is 0 Å². The molecule has 0 aliphatic carbocycles. The summed E-state index contributed by atoms with van der Waals surface area (Å²) in [5, 5.41) is 68.1. The molecule has 1 aliphatic rings. The first-order valence-corrected chi connectivity index (χ1v) is 9.26. The van der Waals surface area contributed by atoms with Gasteiger partial charge in [-0.3, -0.25) is 4.79 Å². The number of ether oxygens (including phenoxy) is 2. The molecule has 5 atom stereocenters. The number of carbonyl (C=O) groups is 1. The number of phenols is 3. The topological polar surface area (TPSA) is 177 Å². The fourth-order valence-corrected chi connectivity index (χ4v) is 3.01. The van der Waals surface area contributed by atoms with Crippen molar-refractivity contribution < 1.29 is 50.0 Å². The molecule has 0 radical (unpaired) electrons. The molecular formula is C21H22O10. The van der Waals surface area contributed by atoms with Gasteiger partial charge in [0.05, 0.1) is 12.2 Å². The minimum Gasteiger partial charge on any atom is -0.508 e. The van der Waals surface area contributed by atoms with Crippen molar-refractivity contribution in [2.45, 2.75) is 30.7 Å². The minimum absolute atomic E-state index is 0.0226. The van der Waals surface area contributed by atoms with Gasteiger partial charge in [-0.2, -0.15) is 0 Å². The number of hydrogen-bond donors (Lipinski definition) is 7. The van der Waals surface area contributed by atoms with Gasteiger partial charge < -0.3 is 45.2 Å². The molecule has 1 aliphatic heterocycles. The van der Waals surface area contributed by atoms with Gasteiger partial charge in [-0.05, 0) is 35.9 Å². The quantitative estimate of drug-likeness (QED) is 0.239. The molecule has 10 nitrogen and oxygen atoms in total. The first kappa shape index (κ1) is 22.5. The van der Waals surface area contributed by atoms with Crippen LogP contribution in [0.15, 0.2) is 42.5 Å². The second-order valence-electron chi connectivity index (χ2n) is 6.94. The Kier molecular flexibility index (Phi) is 6.78. The highest BCUT2D eigenvalue weighted by Crippen LogP contribution is 2.32. The van der Waals surface area contributed by atoms with Crippen molar-refractivity contribution in [2.75, 3.05) is 6.61 Å². The SMILES string of the molecule is O=C(C=Cc1ccc(O)c(OC2OC(CO)C(O)C(O)C2O)c1)c1ccc(O)cc1O. The molecule has 166 valence electrons. The first-order chi connectivity index (χ1) is 14.7. The summed E-state index contributed by atoms with van der Waals surface area (Å²) in [4.78, 5) is 12.3. The summed E-state index contributed by atoms with van der Waals surface area (Å²) >= 11 is 0. The second-order valence-corrected chi connectivity index (χ2v) is 6.94. The van der Waals surface area contributed by atoms with Gasteiger partial charge >= 0.3 is 0 Å². The molecule has 0 aromatic heterocycles. The number of carbonyl (C=O) groups excluding carboxylic acids is 1. The van der Waals surface area contributed by atoms with Gasteiger partial charge in [0.15, 0.2) is 17.3 Å². The predicted molar refractivity (Wildman–Crippen MR) is 106 cm³/mol. The van der Waals surface area contributed by atoms with E-state index >= 15 is 0 Å². The highest BCUT2D eigenvalue weighted by Gasteiger charge is 2.44. The van der Waals surface area contributed by atoms with Gasteiger partial charge in [0.1, 0.15) is 35.9 Å². The number of phenolic OH excluding ortho intramolecular Hbond substituents is 3. The molecule has 5 unspecified atom stereocenters. The van der Waals surface area contributed by atoms with Crippen molar-refractivity contribution in [1.29, 1.82) is 0 Å². The number of allylic oxidation sites excluding steroid dienone is 1. The van der Waals surface area contributed by atoms with E-state index in [4.69, 9.17) is 9.47 Å². The third-order valence-electron chi connectivity index (χ3n) is 4.75. The van der Waals surface area contributed by atoms with E-state index in [1.165, 1.54) is 36.4 Å². The van der Waals surface area contributed by atoms with E-state index in [1.807, 2.05) is 0 Å². The predicted octanol–water partition coefficient (Wildman–Crippen LogP) is -0.122. The molecule has 1 fully saturated rings. The number of benzene rings is 2. The average Bonchev–Trinajstić information content (AvgIpc) is 2.74. The van der Waals surface area contributed by atoms with Crippen LogP contribution in [-0.4, -0.2) is 78.8 Å². The lowest BCUT2D eigenvalue weighted by Gasteiger charge is -2.39. The summed E-state index contributed by atoms with van der Waals surface area (Å²) in [6.07, 6.45) is -4.97. The van der Waals surface area contributed by atoms with Crippen molar-refractivity contribution in [3.05, 3.63) is 53.6 Å². The van der Waals surface area contributed by atoms with E-state index in [2.05, 4.69) is 0 Å². The van der Waals surface area contributed by atoms with E-state index in [0.717, 1.165) is 12.1 Å². The summed E-state index contributed by atoms with van der Waals surface area (Å²) in [6, 6.07) is 7.62. The van der Waals surface area contributed by atoms with Crippen molar-refractivity contribution in [1.82, 2.24) is 0 Å². The smallest absolute Gasteiger partial charge is 0.229 e. The van der Waals surface area contributed by atoms with E-state index in [9.17, 15) is 40.5 Å². The Morgan fingerprint density at radius 2 is 1.71 bits per heavy atom. The molecule has 1 saturated heterocycles. The van der Waals surface area contributed by atoms with Crippen molar-refractivity contribution >= 4 is 11.9 Å². The van der Waals surface area contributed by atoms with E-state index < -0.39 is 43.1 Å². The van der Waals surface area contributed by atoms with Crippen LogP contribution in [0.1, 0.15) is 15.9 Å². The minimum atomic E-state index is -1.66. The van der Waals surface area contributed by atoms with Gasteiger partial charge in [0, 0.05) is 6.07 Å². The molecule has 3 rings (SSSR count). The van der Waals surface area contributed by atoms with Crippen LogP contribution in [-0.2, 0) is 4.74 Å². The van der Waals surface area contributed by atoms with Crippen LogP contribution in [0.5, 0.6) is 23.0 Å². The van der Waals surface area contributed by atoms with Gasteiger partial charge in [0.25, 0.3) is 0 Å². The lowest BCUT2D eigenvalue weighted by atomic mass is 9.99. The Labute approximate surface area is 176 Å². The van der Waals surface area contributed by atoms with Crippen molar-refractivity contribution in [3.63, 3.8) is 0 Å². The zero-order chi connectivity index (χ0) is 22.7. The van der Waals surface area contributed by atoms with Gasteiger partial charge in [0.2, 0.25) is 6.29 Å². The third kappa shape index (κ3) is 4.95. The molecule has 7 N–H and O–H groups in total. The fourth-order valence-electron chi connectivity index (χ4n) is 3.01. The van der Waals surface area contributed by atoms with Gasteiger partial charge in [-0.25, -0.2) is 0 Å². The largest absolute Gasteiger partial charge is 0.508 e. The lowest BCUT2D eigenvalue weighted by Crippen LogP contribution is -2.60. The summed E-state index contributed by atoms with van der Waals surface area (Å²) in [5.74, 6) is -1.58. The lowest BCUT2D eigenvalue weighted by molar-refractivity contribution is -0.277. The average molecular weight is 434 g/mol. The Bertz CT molecular complexity index is 971. The number of ketones is 1. The number of aromatic hydroxyl groups is 3. The highest BCUT2D eigenvalue weighted by atomic mass is 16.7. The molecule has 0 amide bonds. The Morgan fingerprint density at radius 1 is 0.968 bits per heavy atom. The number of aliphatic hydroxyl groups is 4. The van der Waals surface area contributed by atoms with E-state index in [0.29, 0.717) is 5.56 Å². The van der Waals surface area contributed by atoms with Crippen LogP contribution >= 0.6 is 0 Å². The zero-order valence-electron chi connectivity index (χ0n) is 16.1. The van der Waals surface area contributed by atoms with Crippen LogP contribution in [0.3, 0.4) is 0 Å². The van der Waals surface area contributed by atoms with Gasteiger partial charge in [-0.15, -0.1) is 0 Å². The maximum absolute atomic E-state index is 12.3. The monoisotopic (exact) mass is 434 g/mol. The molecule has 0 saturated carbocycles. The summed E-state index contributed by atoms with van der Waals surface area (Å²) in [5.41, 5.74) is 0.384. The zero-order valence-corrected chi connectivity index (χ0v) is 16.1. The Hall–Kier alpha value is -3.15. The highest BCUT2D eigenvalue weighted by molar-refractivity contribution is 6.08. The van der Waals surface area contributed by atoms with Crippen molar-refractivity contribution in [2.24, 2.45) is 0 Å². The molecule has 2 aromatic rings. The number of hydrogen-bond acceptors (Lipinski definition) is 10. The maximum atomic E-state index is 12.3. The first-order valence-electron chi connectivity index (χ1n) is 9.26. The molecule has 1 heterocycles. The van der Waals surface area contributed by atoms with E-state index in [-0.39, 0.29) is 28.6 Å². The molecule has 31 heavy (non-hydrogen) atoms. The molecule has 2 aromatic carbocycles. The third-order valence-corrected chi connectivity index (χ3v) is 4.75. The molecule has 0 spiro atoms. The van der Waals surface area contributed by atoms with Crippen LogP contribution in [0.4, 0.5) is 0 Å². The summed E-state index contributed by atoms with van der Waals surface area (Å²) < 4.78 is 10.7. The van der Waals surface area contributed by atoms with Crippen LogP contribution in [0, 0.1) is 0 Å². The second kappa shape index (κ2) is 9.33.